The first-order chi connectivity index (χ1) is 9.80. The third kappa shape index (κ3) is 3.37. The summed E-state index contributed by atoms with van der Waals surface area (Å²) in [5.41, 5.74) is 1.17. The molecule has 0 atom stereocenters. The van der Waals surface area contributed by atoms with Crippen molar-refractivity contribution in [1.29, 1.82) is 0 Å². The molecule has 0 amide bonds. The number of nitrogens with zero attached hydrogens (tertiary/aromatic N) is 2. The van der Waals surface area contributed by atoms with E-state index in [0.717, 1.165) is 0 Å². The highest BCUT2D eigenvalue weighted by Gasteiger charge is 2.22. The van der Waals surface area contributed by atoms with Crippen molar-refractivity contribution in [1.82, 2.24) is 9.46 Å². The molecule has 0 radical (unpaired) electrons. The summed E-state index contributed by atoms with van der Waals surface area (Å²) >= 11 is 0. The zero-order valence-corrected chi connectivity index (χ0v) is 12.8. The van der Waals surface area contributed by atoms with E-state index < -0.39 is 10.0 Å². The van der Waals surface area contributed by atoms with Crippen molar-refractivity contribution < 1.29 is 17.7 Å². The van der Waals surface area contributed by atoms with Crippen LogP contribution in [0.2, 0.25) is 0 Å². The van der Waals surface area contributed by atoms with Gasteiger partial charge in [-0.2, -0.15) is 4.31 Å². The number of aromatic nitrogens is 1. The Morgan fingerprint density at radius 1 is 1.29 bits per heavy atom. The predicted octanol–water partition coefficient (Wildman–Crippen LogP) is 2.01. The molecule has 0 saturated carbocycles. The van der Waals surface area contributed by atoms with E-state index in [2.05, 4.69) is 5.16 Å². The number of Topliss-reactive ketones (excluding diaryl/α,β-unsaturated/α-hetero) is 1. The molecule has 7 heteroatoms. The molecule has 0 aliphatic rings. The Morgan fingerprint density at radius 3 is 2.38 bits per heavy atom. The molecule has 2 rings (SSSR count). The van der Waals surface area contributed by atoms with Crippen LogP contribution in [0, 0.1) is 6.92 Å². The van der Waals surface area contributed by atoms with Gasteiger partial charge in [-0.1, -0.05) is 17.3 Å². The van der Waals surface area contributed by atoms with Crippen LogP contribution in [0.5, 0.6) is 0 Å². The van der Waals surface area contributed by atoms with Gasteiger partial charge in [-0.3, -0.25) is 4.79 Å². The summed E-state index contributed by atoms with van der Waals surface area (Å²) in [6.07, 6.45) is 0. The molecule has 112 valence electrons. The van der Waals surface area contributed by atoms with Crippen molar-refractivity contribution in [3.63, 3.8) is 0 Å². The molecule has 21 heavy (non-hydrogen) atoms. The number of benzene rings is 1. The van der Waals surface area contributed by atoms with Crippen molar-refractivity contribution in [3.8, 4) is 0 Å². The fourth-order valence-electron chi connectivity index (χ4n) is 1.84. The minimum absolute atomic E-state index is 0.0949. The van der Waals surface area contributed by atoms with Crippen molar-refractivity contribution in [2.75, 3.05) is 7.05 Å². The molecule has 1 aromatic heterocycles. The van der Waals surface area contributed by atoms with Gasteiger partial charge < -0.3 is 4.52 Å². The van der Waals surface area contributed by atoms with Crippen LogP contribution in [0.25, 0.3) is 0 Å². The summed E-state index contributed by atoms with van der Waals surface area (Å²) in [7, 11) is -2.17. The third-order valence-electron chi connectivity index (χ3n) is 3.02. The Labute approximate surface area is 123 Å². The Bertz CT molecular complexity index is 748. The maximum Gasteiger partial charge on any atom is 0.243 e. The Hall–Kier alpha value is -1.99. The molecule has 0 N–H and O–H groups in total. The van der Waals surface area contributed by atoms with E-state index in [4.69, 9.17) is 4.52 Å². The average molecular weight is 308 g/mol. The molecule has 0 unspecified atom stereocenters. The smallest absolute Gasteiger partial charge is 0.243 e. The molecule has 1 aromatic carbocycles. The Balaban J connectivity index is 2.22. The van der Waals surface area contributed by atoms with Crippen molar-refractivity contribution in [2.24, 2.45) is 0 Å². The van der Waals surface area contributed by atoms with Crippen LogP contribution in [-0.4, -0.2) is 30.7 Å². The first kappa shape index (κ1) is 15.4. The van der Waals surface area contributed by atoms with E-state index in [0.29, 0.717) is 17.0 Å². The van der Waals surface area contributed by atoms with Crippen LogP contribution in [0.1, 0.15) is 28.7 Å². The van der Waals surface area contributed by atoms with Crippen molar-refractivity contribution in [3.05, 3.63) is 47.3 Å². The first-order valence-electron chi connectivity index (χ1n) is 6.30. The summed E-state index contributed by atoms with van der Waals surface area (Å²) < 4.78 is 31.0. The standard InChI is InChI=1S/C14H16N2O4S/c1-10-8-13(20-15-10)9-16(3)21(18,19)14-6-4-12(5-7-14)11(2)17/h4-8H,9H2,1-3H3. The van der Waals surface area contributed by atoms with Crippen LogP contribution in [-0.2, 0) is 16.6 Å². The molecule has 0 aliphatic heterocycles. The van der Waals surface area contributed by atoms with E-state index in [9.17, 15) is 13.2 Å². The third-order valence-corrected chi connectivity index (χ3v) is 4.84. The van der Waals surface area contributed by atoms with E-state index in [1.165, 1.54) is 42.5 Å². The number of ketones is 1. The predicted molar refractivity (Wildman–Crippen MR) is 76.3 cm³/mol. The maximum absolute atomic E-state index is 12.4. The highest BCUT2D eigenvalue weighted by molar-refractivity contribution is 7.89. The number of carbonyl (C=O) groups is 1. The molecule has 6 nitrogen and oxygen atoms in total. The minimum Gasteiger partial charge on any atom is -0.360 e. The zero-order chi connectivity index (χ0) is 15.6. The van der Waals surface area contributed by atoms with E-state index in [-0.39, 0.29) is 17.2 Å². The monoisotopic (exact) mass is 308 g/mol. The van der Waals surface area contributed by atoms with Gasteiger partial charge in [0.15, 0.2) is 11.5 Å². The minimum atomic E-state index is -3.64. The molecule has 0 saturated heterocycles. The number of rotatable bonds is 5. The number of hydrogen-bond donors (Lipinski definition) is 0. The van der Waals surface area contributed by atoms with Gasteiger partial charge in [0.05, 0.1) is 17.1 Å². The SMILES string of the molecule is CC(=O)c1ccc(S(=O)(=O)N(C)Cc2cc(C)no2)cc1. The van der Waals surface area contributed by atoms with Crippen molar-refractivity contribution in [2.45, 2.75) is 25.3 Å². The van der Waals surface area contributed by atoms with Gasteiger partial charge in [-0.05, 0) is 26.0 Å². The highest BCUT2D eigenvalue weighted by atomic mass is 32.2. The van der Waals surface area contributed by atoms with Gasteiger partial charge in [0.25, 0.3) is 0 Å². The van der Waals surface area contributed by atoms with Gasteiger partial charge >= 0.3 is 0 Å². The van der Waals surface area contributed by atoms with Crippen LogP contribution in [0.4, 0.5) is 0 Å². The lowest BCUT2D eigenvalue weighted by Gasteiger charge is -2.15. The van der Waals surface area contributed by atoms with Crippen LogP contribution >= 0.6 is 0 Å². The summed E-state index contributed by atoms with van der Waals surface area (Å²) in [5.74, 6) is 0.364. The quantitative estimate of drug-likeness (QED) is 0.789. The largest absolute Gasteiger partial charge is 0.360 e. The summed E-state index contributed by atoms with van der Waals surface area (Å²) in [5, 5.41) is 3.72. The molecular weight excluding hydrogens is 292 g/mol. The van der Waals surface area contributed by atoms with Crippen LogP contribution in [0.3, 0.4) is 0 Å². The van der Waals surface area contributed by atoms with E-state index in [1.807, 2.05) is 0 Å². The maximum atomic E-state index is 12.4. The number of aryl methyl sites for hydroxylation is 1. The number of carbonyl (C=O) groups excluding carboxylic acids is 1. The second-order valence-electron chi connectivity index (χ2n) is 4.78. The van der Waals surface area contributed by atoms with Gasteiger partial charge in [0.1, 0.15) is 0 Å². The lowest BCUT2D eigenvalue weighted by Crippen LogP contribution is -2.26. The fourth-order valence-corrected chi connectivity index (χ4v) is 2.97. The number of hydrogen-bond acceptors (Lipinski definition) is 5. The molecule has 0 spiro atoms. The van der Waals surface area contributed by atoms with E-state index in [1.54, 1.807) is 13.0 Å². The molecule has 0 bridgehead atoms. The van der Waals surface area contributed by atoms with Crippen molar-refractivity contribution >= 4 is 15.8 Å². The molecule has 2 aromatic rings. The fraction of sp³-hybridized carbons (Fsp3) is 0.286. The summed E-state index contributed by atoms with van der Waals surface area (Å²) in [6.45, 7) is 3.29. The van der Waals surface area contributed by atoms with Gasteiger partial charge in [-0.15, -0.1) is 0 Å². The lowest BCUT2D eigenvalue weighted by molar-refractivity contribution is 0.101. The van der Waals surface area contributed by atoms with Crippen LogP contribution in [0.15, 0.2) is 39.8 Å². The van der Waals surface area contributed by atoms with Gasteiger partial charge in [-0.25, -0.2) is 8.42 Å². The molecule has 1 heterocycles. The van der Waals surface area contributed by atoms with Crippen LogP contribution < -0.4 is 0 Å². The Morgan fingerprint density at radius 2 is 1.90 bits per heavy atom. The first-order valence-corrected chi connectivity index (χ1v) is 7.74. The normalized spacial score (nSPS) is 11.8. The highest BCUT2D eigenvalue weighted by Crippen LogP contribution is 2.18. The van der Waals surface area contributed by atoms with E-state index >= 15 is 0 Å². The second kappa shape index (κ2) is 5.79. The molecule has 0 fully saturated rings. The number of sulfonamides is 1. The summed E-state index contributed by atoms with van der Waals surface area (Å²) in [6, 6.07) is 7.54. The topological polar surface area (TPSA) is 80.5 Å². The second-order valence-corrected chi connectivity index (χ2v) is 6.82. The molecular formula is C14H16N2O4S. The van der Waals surface area contributed by atoms with Gasteiger partial charge in [0, 0.05) is 18.7 Å². The zero-order valence-electron chi connectivity index (χ0n) is 12.0. The van der Waals surface area contributed by atoms with Gasteiger partial charge in [0.2, 0.25) is 10.0 Å². The lowest BCUT2D eigenvalue weighted by atomic mass is 10.2. The summed E-state index contributed by atoms with van der Waals surface area (Å²) in [4.78, 5) is 11.3. The molecule has 0 aliphatic carbocycles. The Kier molecular flexibility index (Phi) is 4.24. The average Bonchev–Trinajstić information content (AvgIpc) is 2.84.